The molecule has 12 heavy (non-hydrogen) atoms. The highest BCUT2D eigenvalue weighted by atomic mass is 16.5. The summed E-state index contributed by atoms with van der Waals surface area (Å²) < 4.78 is 4.80. The molecule has 0 aliphatic carbocycles. The number of hydrogen-bond acceptors (Lipinski definition) is 3. The summed E-state index contributed by atoms with van der Waals surface area (Å²) in [5, 5.41) is 0. The van der Waals surface area contributed by atoms with Gasteiger partial charge in [-0.25, -0.2) is 0 Å². The number of rotatable bonds is 2. The van der Waals surface area contributed by atoms with Crippen molar-refractivity contribution in [3.8, 4) is 0 Å². The number of hydrogen-bond donors (Lipinski definition) is 0. The third-order valence-corrected chi connectivity index (χ3v) is 2.03. The molecule has 1 heterocycles. The minimum Gasteiger partial charge on any atom is -0.466 e. The largest absolute Gasteiger partial charge is 0.466 e. The Bertz CT molecular complexity index is 208. The van der Waals surface area contributed by atoms with E-state index in [1.807, 2.05) is 0 Å². The van der Waals surface area contributed by atoms with Gasteiger partial charge in [-0.15, -0.1) is 0 Å². The van der Waals surface area contributed by atoms with E-state index in [1.54, 1.807) is 0 Å². The molecule has 1 rings (SSSR count). The fraction of sp³-hybridized carbons (Fsp3) is 0.556. The maximum atomic E-state index is 11.1. The summed E-state index contributed by atoms with van der Waals surface area (Å²) in [4.78, 5) is 21.9. The molecule has 0 amide bonds. The van der Waals surface area contributed by atoms with Crippen LogP contribution in [0.15, 0.2) is 12.7 Å². The molecule has 1 unspecified atom stereocenters. The molecule has 3 nitrogen and oxygen atoms in total. The van der Waals surface area contributed by atoms with Crippen molar-refractivity contribution in [2.45, 2.75) is 19.3 Å². The van der Waals surface area contributed by atoms with Crippen LogP contribution in [0.3, 0.4) is 0 Å². The van der Waals surface area contributed by atoms with Gasteiger partial charge in [-0.05, 0) is 18.9 Å². The second kappa shape index (κ2) is 4.04. The van der Waals surface area contributed by atoms with Crippen LogP contribution < -0.4 is 0 Å². The third-order valence-electron chi connectivity index (χ3n) is 2.03. The van der Waals surface area contributed by atoms with Gasteiger partial charge in [0.1, 0.15) is 0 Å². The lowest BCUT2D eigenvalue weighted by molar-refractivity contribution is -0.142. The zero-order valence-electron chi connectivity index (χ0n) is 6.91. The first kappa shape index (κ1) is 8.97. The molecule has 0 bridgehead atoms. The molecule has 0 aromatic carbocycles. The van der Waals surface area contributed by atoms with Crippen LogP contribution in [0.5, 0.6) is 0 Å². The summed E-state index contributed by atoms with van der Waals surface area (Å²) in [6.07, 6.45) is 2.91. The molecule has 1 aliphatic rings. The Morgan fingerprint density at radius 3 is 3.00 bits per heavy atom. The quantitative estimate of drug-likeness (QED) is 0.458. The molecule has 0 N–H and O–H groups in total. The standard InChI is InChI=1S/C9H12O3/c1-2-8(10)7-3-4-9(11)12-6-5-7/h2,7H,1,3-6H2. The zero-order valence-corrected chi connectivity index (χ0v) is 6.91. The van der Waals surface area contributed by atoms with E-state index >= 15 is 0 Å². The Morgan fingerprint density at radius 2 is 2.33 bits per heavy atom. The van der Waals surface area contributed by atoms with Crippen LogP contribution in [-0.2, 0) is 14.3 Å². The minimum atomic E-state index is -0.200. The molecule has 0 saturated carbocycles. The molecule has 1 fully saturated rings. The molecule has 0 radical (unpaired) electrons. The van der Waals surface area contributed by atoms with Gasteiger partial charge in [0.25, 0.3) is 0 Å². The van der Waals surface area contributed by atoms with Crippen molar-refractivity contribution in [3.05, 3.63) is 12.7 Å². The second-order valence-electron chi connectivity index (χ2n) is 2.85. The van der Waals surface area contributed by atoms with Crippen LogP contribution in [0.1, 0.15) is 19.3 Å². The Labute approximate surface area is 71.4 Å². The van der Waals surface area contributed by atoms with Gasteiger partial charge in [0.05, 0.1) is 6.61 Å². The van der Waals surface area contributed by atoms with Gasteiger partial charge in [0, 0.05) is 12.3 Å². The second-order valence-corrected chi connectivity index (χ2v) is 2.85. The van der Waals surface area contributed by atoms with Crippen molar-refractivity contribution in [2.75, 3.05) is 6.61 Å². The predicted molar refractivity (Wildman–Crippen MR) is 43.5 cm³/mol. The molecule has 0 aromatic heterocycles. The topological polar surface area (TPSA) is 43.4 Å². The predicted octanol–water partition coefficient (Wildman–Crippen LogP) is 1.08. The van der Waals surface area contributed by atoms with Gasteiger partial charge in [-0.2, -0.15) is 0 Å². The van der Waals surface area contributed by atoms with Crippen molar-refractivity contribution >= 4 is 11.8 Å². The molecule has 1 saturated heterocycles. The van der Waals surface area contributed by atoms with Crippen LogP contribution in [0.4, 0.5) is 0 Å². The average molecular weight is 168 g/mol. The Hall–Kier alpha value is -1.12. The van der Waals surface area contributed by atoms with Crippen LogP contribution >= 0.6 is 0 Å². The molecule has 1 aliphatic heterocycles. The number of cyclic esters (lactones) is 1. The van der Waals surface area contributed by atoms with Gasteiger partial charge in [0.2, 0.25) is 0 Å². The Morgan fingerprint density at radius 1 is 1.58 bits per heavy atom. The maximum absolute atomic E-state index is 11.1. The van der Waals surface area contributed by atoms with Crippen LogP contribution in [0.25, 0.3) is 0 Å². The molecular weight excluding hydrogens is 156 g/mol. The van der Waals surface area contributed by atoms with Crippen molar-refractivity contribution in [1.82, 2.24) is 0 Å². The fourth-order valence-corrected chi connectivity index (χ4v) is 1.27. The van der Waals surface area contributed by atoms with Crippen LogP contribution in [0, 0.1) is 5.92 Å². The average Bonchev–Trinajstić information content (AvgIpc) is 2.29. The number of esters is 1. The highest BCUT2D eigenvalue weighted by Gasteiger charge is 2.21. The van der Waals surface area contributed by atoms with Gasteiger partial charge in [0.15, 0.2) is 5.78 Å². The van der Waals surface area contributed by atoms with E-state index in [9.17, 15) is 9.59 Å². The van der Waals surface area contributed by atoms with Gasteiger partial charge in [-0.1, -0.05) is 6.58 Å². The van der Waals surface area contributed by atoms with Gasteiger partial charge >= 0.3 is 5.97 Å². The first-order valence-electron chi connectivity index (χ1n) is 4.06. The highest BCUT2D eigenvalue weighted by molar-refractivity contribution is 5.91. The molecule has 66 valence electrons. The summed E-state index contributed by atoms with van der Waals surface area (Å²) in [5.74, 6) is -0.239. The van der Waals surface area contributed by atoms with E-state index in [1.165, 1.54) is 6.08 Å². The summed E-state index contributed by atoms with van der Waals surface area (Å²) in [6, 6.07) is 0. The monoisotopic (exact) mass is 168 g/mol. The van der Waals surface area contributed by atoms with Crippen molar-refractivity contribution in [3.63, 3.8) is 0 Å². The van der Waals surface area contributed by atoms with E-state index < -0.39 is 0 Å². The summed E-state index contributed by atoms with van der Waals surface area (Å²) in [6.45, 7) is 3.77. The SMILES string of the molecule is C=CC(=O)C1CCOC(=O)CC1. The number of ether oxygens (including phenoxy) is 1. The van der Waals surface area contributed by atoms with Gasteiger partial charge in [-0.3, -0.25) is 9.59 Å². The molecule has 0 aromatic rings. The number of ketones is 1. The first-order chi connectivity index (χ1) is 5.74. The number of carbonyl (C=O) groups excluding carboxylic acids is 2. The summed E-state index contributed by atoms with van der Waals surface area (Å²) in [7, 11) is 0. The fourth-order valence-electron chi connectivity index (χ4n) is 1.27. The highest BCUT2D eigenvalue weighted by Crippen LogP contribution is 2.17. The molecule has 1 atom stereocenters. The van der Waals surface area contributed by atoms with E-state index in [0.29, 0.717) is 25.9 Å². The lowest BCUT2D eigenvalue weighted by Crippen LogP contribution is -2.11. The van der Waals surface area contributed by atoms with E-state index in [0.717, 1.165) is 0 Å². The van der Waals surface area contributed by atoms with E-state index in [4.69, 9.17) is 4.74 Å². The molecule has 0 spiro atoms. The summed E-state index contributed by atoms with van der Waals surface area (Å²) in [5.41, 5.74) is 0. The number of allylic oxidation sites excluding steroid dienone is 1. The zero-order chi connectivity index (χ0) is 8.97. The smallest absolute Gasteiger partial charge is 0.305 e. The van der Waals surface area contributed by atoms with Gasteiger partial charge < -0.3 is 4.74 Å². The summed E-state index contributed by atoms with van der Waals surface area (Å²) >= 11 is 0. The van der Waals surface area contributed by atoms with Crippen molar-refractivity contribution in [1.29, 1.82) is 0 Å². The lowest BCUT2D eigenvalue weighted by Gasteiger charge is -2.06. The first-order valence-corrected chi connectivity index (χ1v) is 4.06. The van der Waals surface area contributed by atoms with E-state index in [-0.39, 0.29) is 17.7 Å². The third kappa shape index (κ3) is 2.19. The molecular formula is C9H12O3. The van der Waals surface area contributed by atoms with Crippen molar-refractivity contribution in [2.24, 2.45) is 5.92 Å². The number of carbonyl (C=O) groups is 2. The van der Waals surface area contributed by atoms with E-state index in [2.05, 4.69) is 6.58 Å². The van der Waals surface area contributed by atoms with Crippen LogP contribution in [0.2, 0.25) is 0 Å². The normalized spacial score (nSPS) is 24.0. The lowest BCUT2D eigenvalue weighted by atomic mass is 9.96. The van der Waals surface area contributed by atoms with Crippen LogP contribution in [-0.4, -0.2) is 18.4 Å². The van der Waals surface area contributed by atoms with Crippen molar-refractivity contribution < 1.29 is 14.3 Å². The minimum absolute atomic E-state index is 0.0216. The Balaban J connectivity index is 2.51. The molecule has 3 heteroatoms. The Kier molecular flexibility index (Phi) is 3.02. The maximum Gasteiger partial charge on any atom is 0.305 e.